The van der Waals surface area contributed by atoms with E-state index < -0.39 is 0 Å². The third-order valence-corrected chi connectivity index (χ3v) is 7.22. The van der Waals surface area contributed by atoms with E-state index in [1.807, 2.05) is 30.3 Å². The Morgan fingerprint density at radius 2 is 2.21 bits per heavy atom. The summed E-state index contributed by atoms with van der Waals surface area (Å²) in [7, 11) is 0. The SMILES string of the molecule is C[C@@H]1Cc2nc(SCC(=O)NC[C@@H]3CCCO3)n(Cc3ccccc3)c(=O)c2S1. The Hall–Kier alpha value is -1.77. The van der Waals surface area contributed by atoms with Crippen LogP contribution in [0.1, 0.15) is 31.0 Å². The predicted molar refractivity (Wildman–Crippen MR) is 116 cm³/mol. The number of ether oxygens (including phenoxy) is 1. The molecule has 2 aliphatic rings. The van der Waals surface area contributed by atoms with Gasteiger partial charge in [0, 0.05) is 24.8 Å². The van der Waals surface area contributed by atoms with E-state index >= 15 is 0 Å². The molecule has 3 heterocycles. The van der Waals surface area contributed by atoms with Gasteiger partial charge in [-0.3, -0.25) is 14.2 Å². The van der Waals surface area contributed by atoms with Gasteiger partial charge in [0.2, 0.25) is 5.91 Å². The molecular formula is C21H25N3O3S2. The van der Waals surface area contributed by atoms with Crippen LogP contribution in [-0.4, -0.2) is 45.7 Å². The zero-order valence-corrected chi connectivity index (χ0v) is 18.1. The lowest BCUT2D eigenvalue weighted by molar-refractivity contribution is -0.119. The van der Waals surface area contributed by atoms with Crippen LogP contribution in [-0.2, 0) is 22.5 Å². The van der Waals surface area contributed by atoms with Crippen molar-refractivity contribution in [1.29, 1.82) is 0 Å². The van der Waals surface area contributed by atoms with Gasteiger partial charge in [0.25, 0.3) is 5.56 Å². The van der Waals surface area contributed by atoms with Crippen molar-refractivity contribution < 1.29 is 9.53 Å². The fourth-order valence-electron chi connectivity index (χ4n) is 3.56. The maximum Gasteiger partial charge on any atom is 0.268 e. The average molecular weight is 432 g/mol. The van der Waals surface area contributed by atoms with E-state index in [1.165, 1.54) is 11.8 Å². The molecular weight excluding hydrogens is 406 g/mol. The standard InChI is InChI=1S/C21H25N3O3S2/c1-14-10-17-19(29-14)20(26)24(12-15-6-3-2-4-7-15)21(23-17)28-13-18(25)22-11-16-8-5-9-27-16/h2-4,6-7,14,16H,5,8-13H2,1H3,(H,22,25)/t14-,16+/m1/s1. The zero-order chi connectivity index (χ0) is 20.2. The lowest BCUT2D eigenvalue weighted by atomic mass is 10.2. The first kappa shape index (κ1) is 20.5. The molecule has 0 spiro atoms. The van der Waals surface area contributed by atoms with Crippen molar-refractivity contribution in [2.24, 2.45) is 0 Å². The van der Waals surface area contributed by atoms with Gasteiger partial charge in [-0.2, -0.15) is 0 Å². The van der Waals surface area contributed by atoms with Crippen molar-refractivity contribution in [3.05, 3.63) is 51.9 Å². The maximum absolute atomic E-state index is 13.1. The Morgan fingerprint density at radius 3 is 2.97 bits per heavy atom. The highest BCUT2D eigenvalue weighted by Crippen LogP contribution is 2.34. The Kier molecular flexibility index (Phi) is 6.62. The van der Waals surface area contributed by atoms with Crippen LogP contribution in [0.4, 0.5) is 0 Å². The minimum Gasteiger partial charge on any atom is -0.376 e. The van der Waals surface area contributed by atoms with Gasteiger partial charge in [0.05, 0.1) is 29.0 Å². The molecule has 1 amide bonds. The normalized spacial score (nSPS) is 20.6. The van der Waals surface area contributed by atoms with Crippen LogP contribution in [0.3, 0.4) is 0 Å². The van der Waals surface area contributed by atoms with E-state index in [9.17, 15) is 9.59 Å². The molecule has 1 N–H and O–H groups in total. The first-order valence-corrected chi connectivity index (χ1v) is 11.8. The van der Waals surface area contributed by atoms with Gasteiger partial charge >= 0.3 is 0 Å². The first-order valence-electron chi connectivity index (χ1n) is 9.95. The van der Waals surface area contributed by atoms with Crippen molar-refractivity contribution in [2.75, 3.05) is 18.9 Å². The van der Waals surface area contributed by atoms with E-state index in [-0.39, 0.29) is 23.3 Å². The van der Waals surface area contributed by atoms with E-state index in [0.717, 1.165) is 42.0 Å². The van der Waals surface area contributed by atoms with E-state index in [2.05, 4.69) is 12.2 Å². The number of hydrogen-bond donors (Lipinski definition) is 1. The molecule has 1 fully saturated rings. The second-order valence-corrected chi connectivity index (χ2v) is 9.80. The Labute approximate surface area is 178 Å². The van der Waals surface area contributed by atoms with E-state index in [1.54, 1.807) is 16.3 Å². The number of benzene rings is 1. The second kappa shape index (κ2) is 9.36. The highest BCUT2D eigenvalue weighted by molar-refractivity contribution is 8.00. The molecule has 1 aromatic heterocycles. The quantitative estimate of drug-likeness (QED) is 0.537. The van der Waals surface area contributed by atoms with Crippen molar-refractivity contribution in [3.63, 3.8) is 0 Å². The lowest BCUT2D eigenvalue weighted by Gasteiger charge is -2.14. The fourth-order valence-corrected chi connectivity index (χ4v) is 5.52. The summed E-state index contributed by atoms with van der Waals surface area (Å²) in [6.45, 7) is 3.88. The molecule has 0 radical (unpaired) electrons. The van der Waals surface area contributed by atoms with Crippen LogP contribution in [0.25, 0.3) is 0 Å². The molecule has 1 saturated heterocycles. The molecule has 0 saturated carbocycles. The van der Waals surface area contributed by atoms with Gasteiger partial charge in [0.1, 0.15) is 0 Å². The fraction of sp³-hybridized carbons (Fsp3) is 0.476. The number of hydrogen-bond acceptors (Lipinski definition) is 6. The van der Waals surface area contributed by atoms with Crippen molar-refractivity contribution in [1.82, 2.24) is 14.9 Å². The summed E-state index contributed by atoms with van der Waals surface area (Å²) in [5.41, 5.74) is 1.90. The summed E-state index contributed by atoms with van der Waals surface area (Å²) in [6.07, 6.45) is 2.96. The van der Waals surface area contributed by atoms with E-state index in [0.29, 0.717) is 23.5 Å². The topological polar surface area (TPSA) is 73.2 Å². The molecule has 0 unspecified atom stereocenters. The smallest absolute Gasteiger partial charge is 0.268 e. The minimum atomic E-state index is -0.0609. The predicted octanol–water partition coefficient (Wildman–Crippen LogP) is 2.72. The van der Waals surface area contributed by atoms with Crippen LogP contribution in [0.5, 0.6) is 0 Å². The Bertz CT molecular complexity index is 927. The van der Waals surface area contributed by atoms with E-state index in [4.69, 9.17) is 9.72 Å². The minimum absolute atomic E-state index is 0.00420. The molecule has 0 bridgehead atoms. The number of amides is 1. The molecule has 6 nitrogen and oxygen atoms in total. The van der Waals surface area contributed by atoms with Crippen LogP contribution >= 0.6 is 23.5 Å². The largest absolute Gasteiger partial charge is 0.376 e. The van der Waals surface area contributed by atoms with Crippen LogP contribution in [0.15, 0.2) is 45.2 Å². The molecule has 29 heavy (non-hydrogen) atoms. The lowest BCUT2D eigenvalue weighted by Crippen LogP contribution is -2.33. The van der Waals surface area contributed by atoms with Crippen molar-refractivity contribution >= 4 is 29.4 Å². The molecule has 4 rings (SSSR count). The number of carbonyl (C=O) groups is 1. The average Bonchev–Trinajstić information content (AvgIpc) is 3.37. The van der Waals surface area contributed by atoms with Crippen LogP contribution in [0.2, 0.25) is 0 Å². The van der Waals surface area contributed by atoms with Crippen molar-refractivity contribution in [3.8, 4) is 0 Å². The molecule has 154 valence electrons. The molecule has 8 heteroatoms. The number of nitrogens with one attached hydrogen (secondary N) is 1. The summed E-state index contributed by atoms with van der Waals surface area (Å²) in [5, 5.41) is 3.90. The summed E-state index contributed by atoms with van der Waals surface area (Å²) in [4.78, 5) is 31.0. The summed E-state index contributed by atoms with van der Waals surface area (Å²) < 4.78 is 7.25. The molecule has 2 aliphatic heterocycles. The summed E-state index contributed by atoms with van der Waals surface area (Å²) in [5.74, 6) is 0.171. The van der Waals surface area contributed by atoms with Gasteiger partial charge in [-0.15, -0.1) is 11.8 Å². The monoisotopic (exact) mass is 431 g/mol. The Balaban J connectivity index is 1.50. The number of thioether (sulfide) groups is 2. The number of nitrogens with zero attached hydrogens (tertiary/aromatic N) is 2. The van der Waals surface area contributed by atoms with Gasteiger partial charge in [-0.25, -0.2) is 4.98 Å². The molecule has 1 aromatic carbocycles. The molecule has 0 aliphatic carbocycles. The summed E-state index contributed by atoms with van der Waals surface area (Å²) >= 11 is 2.93. The number of rotatable bonds is 7. The van der Waals surface area contributed by atoms with Gasteiger partial charge in [0.15, 0.2) is 5.16 Å². The number of aromatic nitrogens is 2. The van der Waals surface area contributed by atoms with Crippen molar-refractivity contribution in [2.45, 2.75) is 54.1 Å². The third-order valence-electron chi connectivity index (χ3n) is 5.03. The maximum atomic E-state index is 13.1. The highest BCUT2D eigenvalue weighted by atomic mass is 32.2. The second-order valence-electron chi connectivity index (χ2n) is 7.41. The number of fused-ring (bicyclic) bond motifs is 1. The van der Waals surface area contributed by atoms with Crippen LogP contribution in [0, 0.1) is 0 Å². The Morgan fingerprint density at radius 1 is 1.38 bits per heavy atom. The molecule has 2 aromatic rings. The van der Waals surface area contributed by atoms with Gasteiger partial charge < -0.3 is 10.1 Å². The number of carbonyl (C=O) groups excluding carboxylic acids is 1. The summed E-state index contributed by atoms with van der Waals surface area (Å²) in [6, 6.07) is 9.88. The van der Waals surface area contributed by atoms with Gasteiger partial charge in [-0.05, 0) is 18.4 Å². The first-order chi connectivity index (χ1) is 14.1. The van der Waals surface area contributed by atoms with Gasteiger partial charge in [-0.1, -0.05) is 49.0 Å². The highest BCUT2D eigenvalue weighted by Gasteiger charge is 2.26. The third kappa shape index (κ3) is 5.05. The zero-order valence-electron chi connectivity index (χ0n) is 16.4. The van der Waals surface area contributed by atoms with Crippen LogP contribution < -0.4 is 10.9 Å². The molecule has 2 atom stereocenters.